The van der Waals surface area contributed by atoms with Gasteiger partial charge in [-0.25, -0.2) is 23.8 Å². The molecule has 4 aromatic rings. The summed E-state index contributed by atoms with van der Waals surface area (Å²) in [6.45, 7) is 1.61. The van der Waals surface area contributed by atoms with E-state index in [9.17, 15) is 19.5 Å². The molecule has 1 fully saturated rings. The van der Waals surface area contributed by atoms with Crippen molar-refractivity contribution >= 4 is 34.4 Å². The third-order valence-corrected chi connectivity index (χ3v) is 9.07. The van der Waals surface area contributed by atoms with E-state index in [1.165, 1.54) is 31.9 Å². The molecule has 0 radical (unpaired) electrons. The lowest BCUT2D eigenvalue weighted by Gasteiger charge is -2.29. The van der Waals surface area contributed by atoms with Crippen molar-refractivity contribution in [2.24, 2.45) is 0 Å². The number of thiazole rings is 1. The fourth-order valence-electron chi connectivity index (χ4n) is 6.21. The number of nitrogens with zero attached hydrogens (tertiary/aromatic N) is 7. The number of imidazole rings is 1. The average molecular weight is 591 g/mol. The number of piperidine rings is 1. The van der Waals surface area contributed by atoms with Gasteiger partial charge in [-0.3, -0.25) is 14.9 Å². The van der Waals surface area contributed by atoms with Crippen LogP contribution >= 0.6 is 11.3 Å². The van der Waals surface area contributed by atoms with Crippen LogP contribution in [0, 0.1) is 5.82 Å². The summed E-state index contributed by atoms with van der Waals surface area (Å²) in [4.78, 5) is 50.2. The zero-order valence-electron chi connectivity index (χ0n) is 22.4. The first-order chi connectivity index (χ1) is 20.4. The third kappa shape index (κ3) is 4.51. The van der Waals surface area contributed by atoms with Crippen molar-refractivity contribution in [3.05, 3.63) is 76.3 Å². The maximum Gasteiger partial charge on any atom is 0.407 e. The van der Waals surface area contributed by atoms with Crippen LogP contribution in [0.5, 0.6) is 0 Å². The average Bonchev–Trinajstić information content (AvgIpc) is 3.81. The number of amides is 3. The summed E-state index contributed by atoms with van der Waals surface area (Å²) < 4.78 is 19.1. The van der Waals surface area contributed by atoms with Gasteiger partial charge in [0.05, 0.1) is 30.5 Å². The molecule has 7 rings (SSSR count). The molecule has 3 aliphatic heterocycles. The number of aryl methyl sites for hydroxylation is 1. The predicted octanol–water partition coefficient (Wildman–Crippen LogP) is 3.80. The molecule has 1 aromatic carbocycles. The maximum atomic E-state index is 15.6. The molecular weight excluding hydrogens is 563 g/mol. The number of hydrogen-bond acceptors (Lipinski definition) is 7. The second-order valence-electron chi connectivity index (χ2n) is 10.8. The molecule has 2 N–H and O–H groups in total. The van der Waals surface area contributed by atoms with Gasteiger partial charge in [-0.2, -0.15) is 5.10 Å². The molecule has 3 aliphatic rings. The lowest BCUT2D eigenvalue weighted by Crippen LogP contribution is -2.38. The number of benzene rings is 1. The molecule has 3 aromatic heterocycles. The Bertz CT molecular complexity index is 1690. The van der Waals surface area contributed by atoms with Crippen LogP contribution in [0.15, 0.2) is 42.4 Å². The van der Waals surface area contributed by atoms with Crippen LogP contribution in [-0.4, -0.2) is 70.2 Å². The zero-order valence-corrected chi connectivity index (χ0v) is 23.3. The Hall–Kier alpha value is -4.59. The molecule has 3 amide bonds. The van der Waals surface area contributed by atoms with E-state index in [0.29, 0.717) is 42.4 Å². The molecular formula is C28H27FN8O4S. The largest absolute Gasteiger partial charge is 0.465 e. The number of carbonyl (C=O) groups excluding carboxylic acids is 2. The Morgan fingerprint density at radius 3 is 2.76 bits per heavy atom. The normalized spacial score (nSPS) is 17.4. The van der Waals surface area contributed by atoms with E-state index < -0.39 is 29.8 Å². The molecule has 1 unspecified atom stereocenters. The van der Waals surface area contributed by atoms with E-state index in [1.807, 2.05) is 4.57 Å². The fourth-order valence-corrected chi connectivity index (χ4v) is 6.74. The number of fused-ring (bicyclic) bond motifs is 2. The molecule has 0 aliphatic carbocycles. The smallest absolute Gasteiger partial charge is 0.407 e. The van der Waals surface area contributed by atoms with Gasteiger partial charge < -0.3 is 19.5 Å². The van der Waals surface area contributed by atoms with Crippen LogP contribution in [-0.2, 0) is 24.3 Å². The number of carbonyl (C=O) groups is 3. The van der Waals surface area contributed by atoms with E-state index in [1.54, 1.807) is 36.4 Å². The lowest BCUT2D eigenvalue weighted by molar-refractivity contribution is -0.121. The Balaban J connectivity index is 1.17. The van der Waals surface area contributed by atoms with Gasteiger partial charge in [-0.1, -0.05) is 0 Å². The van der Waals surface area contributed by atoms with Crippen LogP contribution in [0.2, 0.25) is 0 Å². The summed E-state index contributed by atoms with van der Waals surface area (Å²) in [5, 5.41) is 18.6. The summed E-state index contributed by atoms with van der Waals surface area (Å²) in [6.07, 6.45) is 8.86. The van der Waals surface area contributed by atoms with Crippen LogP contribution in [0.3, 0.4) is 0 Å². The van der Waals surface area contributed by atoms with Crippen LogP contribution in [0.1, 0.15) is 64.1 Å². The highest BCUT2D eigenvalue weighted by Crippen LogP contribution is 2.37. The van der Waals surface area contributed by atoms with Crippen molar-refractivity contribution in [1.29, 1.82) is 0 Å². The maximum absolute atomic E-state index is 15.6. The van der Waals surface area contributed by atoms with Crippen LogP contribution in [0.4, 0.5) is 14.3 Å². The molecule has 42 heavy (non-hydrogen) atoms. The Morgan fingerprint density at radius 2 is 2.00 bits per heavy atom. The minimum Gasteiger partial charge on any atom is -0.465 e. The van der Waals surface area contributed by atoms with E-state index >= 15 is 4.39 Å². The molecule has 14 heteroatoms. The van der Waals surface area contributed by atoms with Crippen molar-refractivity contribution in [1.82, 2.24) is 34.1 Å². The van der Waals surface area contributed by atoms with Gasteiger partial charge in [0.1, 0.15) is 5.82 Å². The van der Waals surface area contributed by atoms with Crippen LogP contribution in [0.25, 0.3) is 5.69 Å². The minimum absolute atomic E-state index is 0.0744. The first kappa shape index (κ1) is 26.3. The highest BCUT2D eigenvalue weighted by atomic mass is 32.1. The van der Waals surface area contributed by atoms with Gasteiger partial charge >= 0.3 is 6.09 Å². The van der Waals surface area contributed by atoms with Crippen molar-refractivity contribution in [2.75, 3.05) is 18.4 Å². The summed E-state index contributed by atoms with van der Waals surface area (Å²) in [7, 11) is 0. The number of anilines is 1. The van der Waals surface area contributed by atoms with Gasteiger partial charge in [-0.15, -0.1) is 11.3 Å². The number of likely N-dealkylation sites (tertiary alicyclic amines) is 1. The first-order valence-corrected chi connectivity index (χ1v) is 14.7. The fraction of sp³-hybridized carbons (Fsp3) is 0.357. The highest BCUT2D eigenvalue weighted by Gasteiger charge is 2.42. The number of hydrogen-bond donors (Lipinski definition) is 2. The van der Waals surface area contributed by atoms with Gasteiger partial charge in [0, 0.05) is 54.2 Å². The van der Waals surface area contributed by atoms with E-state index in [4.69, 9.17) is 0 Å². The predicted molar refractivity (Wildman–Crippen MR) is 149 cm³/mol. The van der Waals surface area contributed by atoms with Gasteiger partial charge in [0.2, 0.25) is 0 Å². The van der Waals surface area contributed by atoms with E-state index in [-0.39, 0.29) is 23.6 Å². The second-order valence-corrected chi connectivity index (χ2v) is 11.6. The molecule has 0 saturated carbocycles. The summed E-state index contributed by atoms with van der Waals surface area (Å²) in [5.41, 5.74) is 3.12. The van der Waals surface area contributed by atoms with E-state index in [0.717, 1.165) is 30.6 Å². The monoisotopic (exact) mass is 590 g/mol. The molecule has 12 nitrogen and oxygen atoms in total. The summed E-state index contributed by atoms with van der Waals surface area (Å²) >= 11 is 1.27. The molecule has 6 heterocycles. The number of halogens is 1. The molecule has 0 bridgehead atoms. The van der Waals surface area contributed by atoms with Crippen molar-refractivity contribution in [3.63, 3.8) is 0 Å². The minimum atomic E-state index is -1.06. The lowest BCUT2D eigenvalue weighted by atomic mass is 9.92. The number of nitrogens with one attached hydrogen (secondary N) is 1. The molecule has 1 atom stereocenters. The number of aromatic nitrogens is 5. The van der Waals surface area contributed by atoms with Crippen molar-refractivity contribution in [2.45, 2.75) is 50.7 Å². The van der Waals surface area contributed by atoms with Gasteiger partial charge in [-0.05, 0) is 49.3 Å². The van der Waals surface area contributed by atoms with Crippen LogP contribution < -0.4 is 5.32 Å². The topological polar surface area (TPSA) is 138 Å². The first-order valence-electron chi connectivity index (χ1n) is 13.8. The zero-order chi connectivity index (χ0) is 29.0. The standard InChI is InChI=1S/C28H27FN8O4S/c29-21-11-18(37-13-17(12-32-37)16-3-7-34(8-4-16)28(40)41)10-19-20(21)14-36(26(19)39)24(25(38)33-27-30-5-9-42-27)23-22-2-1-6-35(22)15-31-23/h5,9-13,15-16,24H,1-4,6-8,14H2,(H,40,41)(H,30,33,38). The molecule has 0 spiro atoms. The highest BCUT2D eigenvalue weighted by molar-refractivity contribution is 7.13. The molecule has 216 valence electrons. The Morgan fingerprint density at radius 1 is 1.17 bits per heavy atom. The second kappa shape index (κ2) is 10.4. The SMILES string of the molecule is O=C(Nc1nccs1)C(c1ncn2c1CCC2)N1Cc2c(F)cc(-n3cc(C4CCN(C(=O)O)CC4)cn3)cc2C1=O. The Labute approximate surface area is 243 Å². The summed E-state index contributed by atoms with van der Waals surface area (Å²) in [6, 6.07) is 1.90. The number of rotatable bonds is 6. The van der Waals surface area contributed by atoms with E-state index in [2.05, 4.69) is 20.4 Å². The quantitative estimate of drug-likeness (QED) is 0.348. The van der Waals surface area contributed by atoms with Gasteiger partial charge in [0.25, 0.3) is 11.8 Å². The van der Waals surface area contributed by atoms with Crippen molar-refractivity contribution < 1.29 is 23.9 Å². The van der Waals surface area contributed by atoms with Crippen molar-refractivity contribution in [3.8, 4) is 5.69 Å². The third-order valence-electron chi connectivity index (χ3n) is 8.38. The summed E-state index contributed by atoms with van der Waals surface area (Å²) in [5.74, 6) is -1.33. The number of carboxylic acid groups (broad SMARTS) is 1. The Kier molecular flexibility index (Phi) is 6.49. The van der Waals surface area contributed by atoms with Gasteiger partial charge in [0.15, 0.2) is 11.2 Å². The molecule has 1 saturated heterocycles.